The quantitative estimate of drug-likeness (QED) is 0.475. The number of nitrogens with one attached hydrogen (secondary N) is 2. The van der Waals surface area contributed by atoms with Crippen LogP contribution in [0, 0.1) is 0 Å². The Morgan fingerprint density at radius 3 is 2.88 bits per heavy atom. The third-order valence-corrected chi connectivity index (χ3v) is 3.05. The van der Waals surface area contributed by atoms with E-state index in [9.17, 15) is 0 Å². The van der Waals surface area contributed by atoms with Gasteiger partial charge in [0.05, 0.1) is 0 Å². The maximum absolute atomic E-state index is 5.98. The normalized spacial score (nSPS) is 13.8. The van der Waals surface area contributed by atoms with E-state index in [-0.39, 0.29) is 42.0 Å². The molecule has 3 rings (SSSR count). The van der Waals surface area contributed by atoms with Gasteiger partial charge >= 0.3 is 29.6 Å². The average Bonchev–Trinajstić information content (AvgIpc) is 2.56. The Morgan fingerprint density at radius 1 is 1.25 bits per heavy atom. The van der Waals surface area contributed by atoms with E-state index in [1.807, 2.05) is 12.1 Å². The number of aromatic nitrogens is 1. The number of hydrogen-bond donors (Lipinski definition) is 2. The summed E-state index contributed by atoms with van der Waals surface area (Å²) < 4.78 is 0. The molecule has 0 unspecified atom stereocenters. The van der Waals surface area contributed by atoms with E-state index >= 15 is 0 Å². The fraction of sp³-hybridized carbons (Fsp3) is 0.273. The Kier molecular flexibility index (Phi) is 5.17. The first kappa shape index (κ1) is 14.4. The summed E-state index contributed by atoms with van der Waals surface area (Å²) in [5.41, 5.74) is 3.94. The molecular formula is C11H11Cl2N2Na. The van der Waals surface area contributed by atoms with Gasteiger partial charge in [-0.25, -0.2) is 0 Å². The van der Waals surface area contributed by atoms with Crippen LogP contribution in [0.3, 0.4) is 0 Å². The first-order chi connectivity index (χ1) is 6.84. The summed E-state index contributed by atoms with van der Waals surface area (Å²) in [4.78, 5) is 3.44. The van der Waals surface area contributed by atoms with Crippen molar-refractivity contribution in [1.29, 1.82) is 0 Å². The molecule has 0 aliphatic carbocycles. The van der Waals surface area contributed by atoms with Crippen LogP contribution in [0.15, 0.2) is 18.2 Å². The zero-order valence-electron chi connectivity index (χ0n) is 9.11. The number of hydrogen-bond acceptors (Lipinski definition) is 1. The van der Waals surface area contributed by atoms with Crippen LogP contribution in [0.2, 0.25) is 5.02 Å². The third-order valence-electron chi connectivity index (χ3n) is 2.81. The summed E-state index contributed by atoms with van der Waals surface area (Å²) in [6.07, 6.45) is 1.08. The Morgan fingerprint density at radius 2 is 2.06 bits per heavy atom. The van der Waals surface area contributed by atoms with E-state index in [2.05, 4.69) is 16.4 Å². The van der Waals surface area contributed by atoms with E-state index < -0.39 is 0 Å². The number of H-pyrrole nitrogens is 1. The van der Waals surface area contributed by atoms with Crippen LogP contribution in [-0.4, -0.2) is 11.5 Å². The molecule has 0 bridgehead atoms. The Hall–Kier alpha value is 0.300. The molecule has 0 radical (unpaired) electrons. The number of benzene rings is 1. The first-order valence-electron chi connectivity index (χ1n) is 4.84. The zero-order chi connectivity index (χ0) is 9.54. The summed E-state index contributed by atoms with van der Waals surface area (Å²) in [6, 6.07) is 6.02. The average molecular weight is 265 g/mol. The smallest absolute Gasteiger partial charge is 1.00 e. The molecule has 2 N–H and O–H groups in total. The minimum Gasteiger partial charge on any atom is -1.00 e. The second-order valence-electron chi connectivity index (χ2n) is 3.70. The van der Waals surface area contributed by atoms with Gasteiger partial charge in [0.1, 0.15) is 0 Å². The SMILES string of the molecule is Clc1ccc2[nH]c3c(c2c1)CNCC3.[Cl-].[Na+]. The van der Waals surface area contributed by atoms with Gasteiger partial charge in [0.2, 0.25) is 0 Å². The fourth-order valence-electron chi connectivity index (χ4n) is 2.12. The molecule has 5 heteroatoms. The Labute approximate surface area is 128 Å². The summed E-state index contributed by atoms with van der Waals surface area (Å²) in [6.45, 7) is 2.02. The van der Waals surface area contributed by atoms with Crippen molar-refractivity contribution in [1.82, 2.24) is 10.3 Å². The summed E-state index contributed by atoms with van der Waals surface area (Å²) >= 11 is 5.98. The molecule has 2 nitrogen and oxygen atoms in total. The van der Waals surface area contributed by atoms with Crippen molar-refractivity contribution >= 4 is 22.5 Å². The Bertz CT molecular complexity index is 496. The molecule has 2 aromatic rings. The van der Waals surface area contributed by atoms with Crippen LogP contribution < -0.4 is 47.3 Å². The largest absolute Gasteiger partial charge is 1.00 e. The molecule has 0 atom stereocenters. The number of aromatic amines is 1. The van der Waals surface area contributed by atoms with Crippen molar-refractivity contribution in [3.63, 3.8) is 0 Å². The van der Waals surface area contributed by atoms with Gasteiger partial charge in [-0.1, -0.05) is 11.6 Å². The van der Waals surface area contributed by atoms with Gasteiger partial charge < -0.3 is 22.7 Å². The van der Waals surface area contributed by atoms with Gasteiger partial charge in [0.25, 0.3) is 0 Å². The van der Waals surface area contributed by atoms with Crippen molar-refractivity contribution in [3.8, 4) is 0 Å². The third kappa shape index (κ3) is 2.42. The van der Waals surface area contributed by atoms with Crippen LogP contribution >= 0.6 is 11.6 Å². The van der Waals surface area contributed by atoms with Crippen LogP contribution in [0.25, 0.3) is 10.9 Å². The minimum atomic E-state index is 0. The molecule has 0 saturated heterocycles. The molecular weight excluding hydrogens is 254 g/mol. The predicted octanol–water partition coefficient (Wildman–Crippen LogP) is -3.52. The van der Waals surface area contributed by atoms with E-state index in [1.165, 1.54) is 22.2 Å². The van der Waals surface area contributed by atoms with Crippen molar-refractivity contribution in [2.24, 2.45) is 0 Å². The summed E-state index contributed by atoms with van der Waals surface area (Å²) in [7, 11) is 0. The van der Waals surface area contributed by atoms with E-state index in [0.717, 1.165) is 24.5 Å². The first-order valence-corrected chi connectivity index (χ1v) is 5.22. The molecule has 0 spiro atoms. The maximum atomic E-state index is 5.98. The molecule has 0 amide bonds. The van der Waals surface area contributed by atoms with Crippen LogP contribution in [-0.2, 0) is 13.0 Å². The summed E-state index contributed by atoms with van der Waals surface area (Å²) in [5, 5.41) is 5.45. The molecule has 0 fully saturated rings. The Balaban J connectivity index is 0.000000640. The maximum Gasteiger partial charge on any atom is 1.00 e. The molecule has 1 aliphatic rings. The van der Waals surface area contributed by atoms with Gasteiger partial charge in [-0.15, -0.1) is 0 Å². The number of halogens is 2. The van der Waals surface area contributed by atoms with Gasteiger partial charge in [-0.3, -0.25) is 0 Å². The number of fused-ring (bicyclic) bond motifs is 3. The minimum absolute atomic E-state index is 0. The van der Waals surface area contributed by atoms with E-state index in [4.69, 9.17) is 11.6 Å². The van der Waals surface area contributed by atoms with Gasteiger partial charge in [-0.05, 0) is 23.8 Å². The zero-order valence-corrected chi connectivity index (χ0v) is 12.6. The topological polar surface area (TPSA) is 27.8 Å². The van der Waals surface area contributed by atoms with Gasteiger partial charge in [0, 0.05) is 41.1 Å². The van der Waals surface area contributed by atoms with Crippen LogP contribution in [0.1, 0.15) is 11.3 Å². The van der Waals surface area contributed by atoms with E-state index in [0.29, 0.717) is 0 Å². The fourth-order valence-corrected chi connectivity index (χ4v) is 2.29. The second kappa shape index (κ2) is 5.76. The van der Waals surface area contributed by atoms with Gasteiger partial charge in [0.15, 0.2) is 0 Å². The predicted molar refractivity (Wildman–Crippen MR) is 58.7 cm³/mol. The van der Waals surface area contributed by atoms with Crippen molar-refractivity contribution in [2.75, 3.05) is 6.54 Å². The summed E-state index contributed by atoms with van der Waals surface area (Å²) in [5.74, 6) is 0. The van der Waals surface area contributed by atoms with Crippen molar-refractivity contribution < 1.29 is 42.0 Å². The molecule has 80 valence electrons. The van der Waals surface area contributed by atoms with Crippen LogP contribution in [0.5, 0.6) is 0 Å². The van der Waals surface area contributed by atoms with Crippen molar-refractivity contribution in [3.05, 3.63) is 34.5 Å². The van der Waals surface area contributed by atoms with Crippen molar-refractivity contribution in [2.45, 2.75) is 13.0 Å². The van der Waals surface area contributed by atoms with Crippen LogP contribution in [0.4, 0.5) is 0 Å². The molecule has 1 aromatic carbocycles. The van der Waals surface area contributed by atoms with E-state index in [1.54, 1.807) is 0 Å². The van der Waals surface area contributed by atoms with Gasteiger partial charge in [-0.2, -0.15) is 0 Å². The molecule has 1 aromatic heterocycles. The monoisotopic (exact) mass is 264 g/mol. The standard InChI is InChI=1S/C11H11ClN2.ClH.Na/c12-7-1-2-10-8(5-7)9-6-13-4-3-11(9)14-10;;/h1-2,5,13-14H,3-4,6H2;1H;/q;;+1/p-1. The molecule has 16 heavy (non-hydrogen) atoms. The molecule has 0 saturated carbocycles. The number of rotatable bonds is 0. The molecule has 1 aliphatic heterocycles. The second-order valence-corrected chi connectivity index (χ2v) is 4.14. The molecule has 2 heterocycles.